The molecule has 1 aromatic rings. The first-order chi connectivity index (χ1) is 11.1. The van der Waals surface area contributed by atoms with Crippen molar-refractivity contribution in [2.45, 2.75) is 32.3 Å². The standard InChI is InChI=1S/C18H24N2O3/c1-13(21)14-7-11-19(12-8-14)9-4-10-20-17(22)15-5-2-3-6-16(15)18(20)23/h2-3,5-6,13-14,21H,4,7-12H2,1H3. The van der Waals surface area contributed by atoms with Crippen LogP contribution >= 0.6 is 0 Å². The third-order valence-corrected chi connectivity index (χ3v) is 5.05. The molecule has 0 aliphatic carbocycles. The SMILES string of the molecule is CC(O)C1CCN(CCCN2C(=O)c3ccccc3C2=O)CC1. The van der Waals surface area contributed by atoms with Gasteiger partial charge in [0.1, 0.15) is 0 Å². The van der Waals surface area contributed by atoms with E-state index in [9.17, 15) is 14.7 Å². The van der Waals surface area contributed by atoms with Crippen LogP contribution in [0.5, 0.6) is 0 Å². The van der Waals surface area contributed by atoms with E-state index < -0.39 is 0 Å². The van der Waals surface area contributed by atoms with Gasteiger partial charge in [-0.15, -0.1) is 0 Å². The van der Waals surface area contributed by atoms with Crippen LogP contribution in [-0.2, 0) is 0 Å². The molecule has 1 aromatic carbocycles. The number of fused-ring (bicyclic) bond motifs is 1. The van der Waals surface area contributed by atoms with Gasteiger partial charge in [-0.05, 0) is 63.9 Å². The maximum atomic E-state index is 12.3. The zero-order valence-electron chi connectivity index (χ0n) is 13.6. The first-order valence-electron chi connectivity index (χ1n) is 8.43. The van der Waals surface area contributed by atoms with E-state index in [2.05, 4.69) is 4.90 Å². The summed E-state index contributed by atoms with van der Waals surface area (Å²) in [5.41, 5.74) is 1.05. The molecule has 124 valence electrons. The summed E-state index contributed by atoms with van der Waals surface area (Å²) in [6.07, 6.45) is 2.61. The fourth-order valence-corrected chi connectivity index (χ4v) is 3.55. The fraction of sp³-hybridized carbons (Fsp3) is 0.556. The second-order valence-electron chi connectivity index (χ2n) is 6.58. The number of hydrogen-bond donors (Lipinski definition) is 1. The van der Waals surface area contributed by atoms with Gasteiger partial charge in [-0.3, -0.25) is 14.5 Å². The van der Waals surface area contributed by atoms with E-state index in [4.69, 9.17) is 0 Å². The number of aliphatic hydroxyl groups is 1. The minimum atomic E-state index is -0.226. The summed E-state index contributed by atoms with van der Waals surface area (Å²) in [5.74, 6) is 0.0688. The minimum absolute atomic E-state index is 0.168. The van der Waals surface area contributed by atoms with Gasteiger partial charge in [0.2, 0.25) is 0 Å². The quantitative estimate of drug-likeness (QED) is 0.841. The number of amides is 2. The van der Waals surface area contributed by atoms with Crippen LogP contribution in [0.4, 0.5) is 0 Å². The largest absolute Gasteiger partial charge is 0.393 e. The Labute approximate surface area is 136 Å². The van der Waals surface area contributed by atoms with Crippen LogP contribution in [0.15, 0.2) is 24.3 Å². The molecule has 23 heavy (non-hydrogen) atoms. The summed E-state index contributed by atoms with van der Waals surface area (Å²) >= 11 is 0. The highest BCUT2D eigenvalue weighted by Crippen LogP contribution is 2.23. The van der Waals surface area contributed by atoms with Crippen molar-refractivity contribution in [1.82, 2.24) is 9.80 Å². The average molecular weight is 316 g/mol. The van der Waals surface area contributed by atoms with E-state index >= 15 is 0 Å². The fourth-order valence-electron chi connectivity index (χ4n) is 3.55. The first-order valence-corrected chi connectivity index (χ1v) is 8.43. The van der Waals surface area contributed by atoms with Gasteiger partial charge >= 0.3 is 0 Å². The van der Waals surface area contributed by atoms with Crippen LogP contribution in [0, 0.1) is 5.92 Å². The van der Waals surface area contributed by atoms with Crippen molar-refractivity contribution in [3.8, 4) is 0 Å². The molecule has 2 aliphatic rings. The number of likely N-dealkylation sites (tertiary alicyclic amines) is 1. The van der Waals surface area contributed by atoms with Crippen molar-refractivity contribution < 1.29 is 14.7 Å². The van der Waals surface area contributed by atoms with Gasteiger partial charge in [-0.25, -0.2) is 0 Å². The topological polar surface area (TPSA) is 60.9 Å². The molecule has 0 bridgehead atoms. The van der Waals surface area contributed by atoms with Gasteiger partial charge in [-0.2, -0.15) is 0 Å². The molecule has 2 amide bonds. The van der Waals surface area contributed by atoms with Gasteiger partial charge < -0.3 is 10.0 Å². The molecule has 2 aliphatic heterocycles. The maximum absolute atomic E-state index is 12.3. The lowest BCUT2D eigenvalue weighted by molar-refractivity contribution is 0.0611. The predicted octanol–water partition coefficient (Wildman–Crippen LogP) is 1.77. The molecule has 0 aromatic heterocycles. The van der Waals surface area contributed by atoms with Crippen molar-refractivity contribution in [2.75, 3.05) is 26.2 Å². The molecule has 1 atom stereocenters. The molecule has 5 nitrogen and oxygen atoms in total. The Morgan fingerprint density at radius 2 is 1.65 bits per heavy atom. The van der Waals surface area contributed by atoms with Gasteiger partial charge in [-0.1, -0.05) is 12.1 Å². The average Bonchev–Trinajstić information content (AvgIpc) is 2.81. The van der Waals surface area contributed by atoms with E-state index in [0.717, 1.165) is 38.9 Å². The molecule has 1 unspecified atom stereocenters. The Kier molecular flexibility index (Phi) is 4.78. The molecule has 1 saturated heterocycles. The third kappa shape index (κ3) is 3.31. The first kappa shape index (κ1) is 16.1. The lowest BCUT2D eigenvalue weighted by atomic mass is 9.92. The molecule has 3 rings (SSSR count). The van der Waals surface area contributed by atoms with E-state index in [1.54, 1.807) is 24.3 Å². The summed E-state index contributed by atoms with van der Waals surface area (Å²) in [4.78, 5) is 28.3. The Morgan fingerprint density at radius 3 is 2.17 bits per heavy atom. The summed E-state index contributed by atoms with van der Waals surface area (Å²) < 4.78 is 0. The Bertz CT molecular complexity index is 557. The zero-order chi connectivity index (χ0) is 16.4. The number of aliphatic hydroxyl groups excluding tert-OH is 1. The second kappa shape index (κ2) is 6.81. The zero-order valence-corrected chi connectivity index (χ0v) is 13.6. The van der Waals surface area contributed by atoms with Crippen molar-refractivity contribution in [3.63, 3.8) is 0 Å². The molecule has 0 radical (unpaired) electrons. The Morgan fingerprint density at radius 1 is 1.09 bits per heavy atom. The Hall–Kier alpha value is -1.72. The number of hydrogen-bond acceptors (Lipinski definition) is 4. The monoisotopic (exact) mass is 316 g/mol. The molecular formula is C18H24N2O3. The van der Waals surface area contributed by atoms with Crippen molar-refractivity contribution in [1.29, 1.82) is 0 Å². The molecule has 0 saturated carbocycles. The highest BCUT2D eigenvalue weighted by atomic mass is 16.3. The summed E-state index contributed by atoms with van der Waals surface area (Å²) in [7, 11) is 0. The highest BCUT2D eigenvalue weighted by Gasteiger charge is 2.34. The number of carbonyl (C=O) groups is 2. The number of benzene rings is 1. The second-order valence-corrected chi connectivity index (χ2v) is 6.58. The van der Waals surface area contributed by atoms with Gasteiger partial charge in [0.05, 0.1) is 17.2 Å². The Balaban J connectivity index is 1.47. The number of nitrogens with zero attached hydrogens (tertiary/aromatic N) is 2. The van der Waals surface area contributed by atoms with Gasteiger partial charge in [0.15, 0.2) is 0 Å². The summed E-state index contributed by atoms with van der Waals surface area (Å²) in [5, 5.41) is 9.63. The van der Waals surface area contributed by atoms with Crippen LogP contribution in [0.25, 0.3) is 0 Å². The molecule has 1 N–H and O–H groups in total. The van der Waals surface area contributed by atoms with Crippen molar-refractivity contribution in [3.05, 3.63) is 35.4 Å². The number of rotatable bonds is 5. The molecular weight excluding hydrogens is 292 g/mol. The van der Waals surface area contributed by atoms with Crippen LogP contribution in [-0.4, -0.2) is 59.0 Å². The lowest BCUT2D eigenvalue weighted by Crippen LogP contribution is -2.39. The molecule has 2 heterocycles. The van der Waals surface area contributed by atoms with Crippen molar-refractivity contribution in [2.24, 2.45) is 5.92 Å². The normalized spacial score (nSPS) is 20.9. The van der Waals surface area contributed by atoms with Gasteiger partial charge in [0, 0.05) is 6.54 Å². The minimum Gasteiger partial charge on any atom is -0.393 e. The third-order valence-electron chi connectivity index (χ3n) is 5.05. The van der Waals surface area contributed by atoms with Crippen LogP contribution in [0.1, 0.15) is 46.9 Å². The maximum Gasteiger partial charge on any atom is 0.261 e. The van der Waals surface area contributed by atoms with Crippen LogP contribution < -0.4 is 0 Å². The van der Waals surface area contributed by atoms with Crippen LogP contribution in [0.3, 0.4) is 0 Å². The van der Waals surface area contributed by atoms with E-state index in [-0.39, 0.29) is 17.9 Å². The molecule has 1 fully saturated rings. The number of imide groups is 1. The van der Waals surface area contributed by atoms with Crippen LogP contribution in [0.2, 0.25) is 0 Å². The van der Waals surface area contributed by atoms with E-state index in [0.29, 0.717) is 23.6 Å². The van der Waals surface area contributed by atoms with Gasteiger partial charge in [0.25, 0.3) is 11.8 Å². The molecule has 5 heteroatoms. The molecule has 0 spiro atoms. The van der Waals surface area contributed by atoms with Crippen molar-refractivity contribution >= 4 is 11.8 Å². The highest BCUT2D eigenvalue weighted by molar-refractivity contribution is 6.21. The number of carbonyl (C=O) groups excluding carboxylic acids is 2. The smallest absolute Gasteiger partial charge is 0.261 e. The van der Waals surface area contributed by atoms with E-state index in [1.807, 2.05) is 6.92 Å². The summed E-state index contributed by atoms with van der Waals surface area (Å²) in [6.45, 7) is 5.20. The predicted molar refractivity (Wildman–Crippen MR) is 87.3 cm³/mol. The lowest BCUT2D eigenvalue weighted by Gasteiger charge is -2.33. The number of piperidine rings is 1. The summed E-state index contributed by atoms with van der Waals surface area (Å²) in [6, 6.07) is 7.02. The van der Waals surface area contributed by atoms with E-state index in [1.165, 1.54) is 4.90 Å².